The van der Waals surface area contributed by atoms with Crippen LogP contribution in [0.5, 0.6) is 0 Å². The number of aromatic nitrogens is 1. The fraction of sp³-hybridized carbons (Fsp3) is 0.143. The molecule has 1 aromatic heterocycles. The smallest absolute Gasteiger partial charge is 0.0489 e. The molecule has 0 aliphatic carbocycles. The minimum atomic E-state index is 1.27. The van der Waals surface area contributed by atoms with Gasteiger partial charge in [0, 0.05) is 28.9 Å². The van der Waals surface area contributed by atoms with Crippen LogP contribution in [0.15, 0.2) is 72.8 Å². The minimum absolute atomic E-state index is 1.27. The Kier molecular flexibility index (Phi) is 3.97. The monoisotopic (exact) mass is 287 g/mol. The first kappa shape index (κ1) is 14.4. The quantitative estimate of drug-likeness (QED) is 0.403. The number of benzene rings is 3. The zero-order valence-corrected chi connectivity index (χ0v) is 13.4. The van der Waals surface area contributed by atoms with E-state index in [1.807, 2.05) is 13.8 Å². The Hall–Kier alpha value is -2.54. The van der Waals surface area contributed by atoms with E-state index in [0.29, 0.717) is 0 Å². The lowest BCUT2D eigenvalue weighted by Gasteiger charge is -2.02. The highest BCUT2D eigenvalue weighted by atomic mass is 14.9. The second-order valence-electron chi connectivity index (χ2n) is 5.17. The Morgan fingerprint density at radius 2 is 1.23 bits per heavy atom. The zero-order valence-electron chi connectivity index (χ0n) is 13.4. The third-order valence-corrected chi connectivity index (χ3v) is 4.02. The van der Waals surface area contributed by atoms with Crippen LogP contribution in [0, 0.1) is 0 Å². The highest BCUT2D eigenvalue weighted by molar-refractivity contribution is 6.09. The third-order valence-electron chi connectivity index (χ3n) is 4.02. The summed E-state index contributed by atoms with van der Waals surface area (Å²) in [6.45, 7) is 4.00. The number of hydrogen-bond acceptors (Lipinski definition) is 0. The number of nitrogens with zero attached hydrogens (tertiary/aromatic N) is 1. The van der Waals surface area contributed by atoms with Crippen molar-refractivity contribution in [1.82, 2.24) is 4.57 Å². The first-order chi connectivity index (χ1) is 10.8. The van der Waals surface area contributed by atoms with Crippen molar-refractivity contribution in [3.63, 3.8) is 0 Å². The van der Waals surface area contributed by atoms with Gasteiger partial charge in [0.1, 0.15) is 0 Å². The molecule has 0 amide bonds. The van der Waals surface area contributed by atoms with Gasteiger partial charge in [0.2, 0.25) is 0 Å². The predicted molar refractivity (Wildman–Crippen MR) is 97.2 cm³/mol. The average molecular weight is 287 g/mol. The molecule has 1 heterocycles. The van der Waals surface area contributed by atoms with E-state index in [-0.39, 0.29) is 0 Å². The zero-order chi connectivity index (χ0) is 15.5. The summed E-state index contributed by atoms with van der Waals surface area (Å²) in [4.78, 5) is 0. The molecule has 1 heteroatoms. The molecule has 0 atom stereocenters. The second-order valence-corrected chi connectivity index (χ2v) is 5.17. The topological polar surface area (TPSA) is 4.93 Å². The summed E-state index contributed by atoms with van der Waals surface area (Å²) in [5, 5.41) is 2.65. The van der Waals surface area contributed by atoms with Crippen molar-refractivity contribution in [3.05, 3.63) is 72.8 Å². The van der Waals surface area contributed by atoms with E-state index >= 15 is 0 Å². The van der Waals surface area contributed by atoms with E-state index in [9.17, 15) is 0 Å². The molecule has 110 valence electrons. The molecule has 0 unspecified atom stereocenters. The molecule has 0 aliphatic heterocycles. The van der Waals surface area contributed by atoms with Gasteiger partial charge in [-0.25, -0.2) is 0 Å². The van der Waals surface area contributed by atoms with E-state index < -0.39 is 0 Å². The van der Waals surface area contributed by atoms with Crippen molar-refractivity contribution in [2.24, 2.45) is 7.05 Å². The van der Waals surface area contributed by atoms with Crippen LogP contribution >= 0.6 is 0 Å². The van der Waals surface area contributed by atoms with Crippen LogP contribution in [0.25, 0.3) is 32.9 Å². The van der Waals surface area contributed by atoms with Crippen molar-refractivity contribution < 1.29 is 0 Å². The molecule has 0 fully saturated rings. The Morgan fingerprint density at radius 3 is 2.00 bits per heavy atom. The molecule has 0 spiro atoms. The van der Waals surface area contributed by atoms with Crippen LogP contribution in [-0.2, 0) is 7.05 Å². The summed E-state index contributed by atoms with van der Waals surface area (Å²) in [6, 6.07) is 25.9. The molecule has 0 radical (unpaired) electrons. The van der Waals surface area contributed by atoms with Crippen molar-refractivity contribution in [1.29, 1.82) is 0 Å². The first-order valence-corrected chi connectivity index (χ1v) is 7.87. The lowest BCUT2D eigenvalue weighted by atomic mass is 10.0. The molecule has 1 nitrogen and oxygen atoms in total. The van der Waals surface area contributed by atoms with E-state index in [0.717, 1.165) is 0 Å². The maximum atomic E-state index is 2.30. The maximum Gasteiger partial charge on any atom is 0.0489 e. The molecule has 3 aromatic carbocycles. The molecule has 0 aliphatic rings. The summed E-state index contributed by atoms with van der Waals surface area (Å²) in [5.41, 5.74) is 5.11. The minimum Gasteiger partial charge on any atom is -0.344 e. The van der Waals surface area contributed by atoms with Gasteiger partial charge in [-0.2, -0.15) is 0 Å². The predicted octanol–water partition coefficient (Wildman–Crippen LogP) is 6.02. The van der Waals surface area contributed by atoms with Crippen LogP contribution < -0.4 is 0 Å². The van der Waals surface area contributed by atoms with Crippen LogP contribution in [0.4, 0.5) is 0 Å². The van der Waals surface area contributed by atoms with Gasteiger partial charge in [-0.3, -0.25) is 0 Å². The van der Waals surface area contributed by atoms with Gasteiger partial charge in [-0.1, -0.05) is 68.4 Å². The maximum absolute atomic E-state index is 2.30. The van der Waals surface area contributed by atoms with Crippen molar-refractivity contribution in [3.8, 4) is 11.1 Å². The molecule has 0 saturated heterocycles. The number of rotatable bonds is 1. The van der Waals surface area contributed by atoms with E-state index in [2.05, 4.69) is 84.4 Å². The van der Waals surface area contributed by atoms with Gasteiger partial charge in [0.25, 0.3) is 0 Å². The molecule has 4 aromatic rings. The molecule has 0 N–H and O–H groups in total. The van der Waals surface area contributed by atoms with Gasteiger partial charge in [0.15, 0.2) is 0 Å². The standard InChI is InChI=1S/C19H15N.C2H6/c1-20-18-10-6-5-9-16(18)17-13-15(11-12-19(17)20)14-7-3-2-4-8-14;1-2/h2-13H,1H3;1-2H3. The van der Waals surface area contributed by atoms with Crippen LogP contribution in [0.1, 0.15) is 13.8 Å². The molecular formula is C21H21N. The summed E-state index contributed by atoms with van der Waals surface area (Å²) >= 11 is 0. The summed E-state index contributed by atoms with van der Waals surface area (Å²) in [5.74, 6) is 0. The van der Waals surface area contributed by atoms with Gasteiger partial charge < -0.3 is 4.57 Å². The number of aryl methyl sites for hydroxylation is 1. The van der Waals surface area contributed by atoms with Crippen LogP contribution in [-0.4, -0.2) is 4.57 Å². The molecule has 0 bridgehead atoms. The molecule has 22 heavy (non-hydrogen) atoms. The fourth-order valence-corrected chi connectivity index (χ4v) is 2.98. The summed E-state index contributed by atoms with van der Waals surface area (Å²) < 4.78 is 2.26. The molecular weight excluding hydrogens is 266 g/mol. The van der Waals surface area contributed by atoms with Gasteiger partial charge in [0.05, 0.1) is 0 Å². The van der Waals surface area contributed by atoms with Crippen molar-refractivity contribution in [2.45, 2.75) is 13.8 Å². The molecule has 4 rings (SSSR count). The highest BCUT2D eigenvalue weighted by Crippen LogP contribution is 2.31. The highest BCUT2D eigenvalue weighted by Gasteiger charge is 2.08. The van der Waals surface area contributed by atoms with Crippen LogP contribution in [0.3, 0.4) is 0 Å². The SMILES string of the molecule is CC.Cn1c2ccccc2c2cc(-c3ccccc3)ccc21. The average Bonchev–Trinajstić information content (AvgIpc) is 2.90. The fourth-order valence-electron chi connectivity index (χ4n) is 2.98. The lowest BCUT2D eigenvalue weighted by molar-refractivity contribution is 1.01. The third kappa shape index (κ3) is 2.29. The number of fused-ring (bicyclic) bond motifs is 3. The first-order valence-electron chi connectivity index (χ1n) is 7.87. The second kappa shape index (κ2) is 6.07. The van der Waals surface area contributed by atoms with Crippen molar-refractivity contribution in [2.75, 3.05) is 0 Å². The van der Waals surface area contributed by atoms with Crippen molar-refractivity contribution >= 4 is 21.8 Å². The lowest BCUT2D eigenvalue weighted by Crippen LogP contribution is -1.85. The Bertz CT molecular complexity index is 901. The Balaban J connectivity index is 0.000000693. The van der Waals surface area contributed by atoms with E-state index in [4.69, 9.17) is 0 Å². The largest absolute Gasteiger partial charge is 0.344 e. The Labute approximate surface area is 131 Å². The summed E-state index contributed by atoms with van der Waals surface area (Å²) in [6.07, 6.45) is 0. The number of para-hydroxylation sites is 1. The Morgan fingerprint density at radius 1 is 0.591 bits per heavy atom. The van der Waals surface area contributed by atoms with Gasteiger partial charge >= 0.3 is 0 Å². The molecule has 0 saturated carbocycles. The van der Waals surface area contributed by atoms with E-state index in [1.54, 1.807) is 0 Å². The normalized spacial score (nSPS) is 10.5. The van der Waals surface area contributed by atoms with Gasteiger partial charge in [-0.15, -0.1) is 0 Å². The summed E-state index contributed by atoms with van der Waals surface area (Å²) in [7, 11) is 2.13. The number of hydrogen-bond donors (Lipinski definition) is 0. The van der Waals surface area contributed by atoms with E-state index in [1.165, 1.54) is 32.9 Å². The van der Waals surface area contributed by atoms with Gasteiger partial charge in [-0.05, 0) is 29.3 Å². The van der Waals surface area contributed by atoms with Crippen LogP contribution in [0.2, 0.25) is 0 Å².